The van der Waals surface area contributed by atoms with Crippen LogP contribution >= 0.6 is 0 Å². The summed E-state index contributed by atoms with van der Waals surface area (Å²) in [6.07, 6.45) is 2.53. The van der Waals surface area contributed by atoms with Crippen molar-refractivity contribution in [3.63, 3.8) is 0 Å². The number of aromatic nitrogens is 3. The lowest BCUT2D eigenvalue weighted by atomic mass is 10.2. The summed E-state index contributed by atoms with van der Waals surface area (Å²) in [6, 6.07) is 5.24. The summed E-state index contributed by atoms with van der Waals surface area (Å²) in [5.74, 6) is -0.511. The van der Waals surface area contributed by atoms with E-state index in [4.69, 9.17) is 0 Å². The highest BCUT2D eigenvalue weighted by Crippen LogP contribution is 2.19. The molecule has 2 aromatic heterocycles. The van der Waals surface area contributed by atoms with Crippen LogP contribution in [-0.2, 0) is 10.0 Å². The Morgan fingerprint density at radius 3 is 2.77 bits per heavy atom. The highest BCUT2D eigenvalue weighted by molar-refractivity contribution is 7.92. The number of fused-ring (bicyclic) bond motifs is 1. The van der Waals surface area contributed by atoms with Gasteiger partial charge in [0.1, 0.15) is 22.6 Å². The van der Waals surface area contributed by atoms with Crippen LogP contribution in [0.5, 0.6) is 0 Å². The fraction of sp³-hybridized carbons (Fsp3) is 0.0769. The van der Waals surface area contributed by atoms with E-state index in [0.29, 0.717) is 5.56 Å². The van der Waals surface area contributed by atoms with E-state index in [-0.39, 0.29) is 16.1 Å². The third-order valence-corrected chi connectivity index (χ3v) is 4.49. The second kappa shape index (κ2) is 4.95. The van der Waals surface area contributed by atoms with Crippen molar-refractivity contribution in [1.82, 2.24) is 14.6 Å². The van der Waals surface area contributed by atoms with E-state index in [2.05, 4.69) is 14.9 Å². The summed E-state index contributed by atoms with van der Waals surface area (Å²) in [5.41, 5.74) is 0.149. The van der Waals surface area contributed by atoms with Crippen molar-refractivity contribution in [2.24, 2.45) is 0 Å². The van der Waals surface area contributed by atoms with Crippen molar-refractivity contribution in [1.29, 1.82) is 0 Å². The Labute approximate surface area is 124 Å². The Balaban J connectivity index is 2.02. The van der Waals surface area contributed by atoms with Crippen molar-refractivity contribution in [2.45, 2.75) is 11.8 Å². The molecule has 2 N–H and O–H groups in total. The number of H-pyrrole nitrogens is 1. The third-order valence-electron chi connectivity index (χ3n) is 3.14. The SMILES string of the molecule is Cc1ccc(NS(=O)(=O)c2cc3c(=O)[nH]ncn3c2)cc1F. The normalized spacial score (nSPS) is 11.7. The van der Waals surface area contributed by atoms with E-state index in [1.165, 1.54) is 35.1 Å². The largest absolute Gasteiger partial charge is 0.300 e. The number of nitrogens with one attached hydrogen (secondary N) is 2. The predicted molar refractivity (Wildman–Crippen MR) is 77.8 cm³/mol. The van der Waals surface area contributed by atoms with Gasteiger partial charge in [0.25, 0.3) is 15.6 Å². The average molecular weight is 322 g/mol. The molecule has 2 heterocycles. The third kappa shape index (κ3) is 2.46. The van der Waals surface area contributed by atoms with E-state index in [9.17, 15) is 17.6 Å². The molecule has 22 heavy (non-hydrogen) atoms. The number of aromatic amines is 1. The van der Waals surface area contributed by atoms with Crippen LogP contribution in [0.4, 0.5) is 10.1 Å². The minimum atomic E-state index is -3.94. The molecule has 0 aliphatic heterocycles. The maximum absolute atomic E-state index is 13.5. The lowest BCUT2D eigenvalue weighted by Gasteiger charge is -2.07. The van der Waals surface area contributed by atoms with Gasteiger partial charge in [0, 0.05) is 6.20 Å². The fourth-order valence-corrected chi connectivity index (χ4v) is 3.03. The predicted octanol–water partition coefficient (Wildman–Crippen LogP) is 1.27. The zero-order valence-electron chi connectivity index (χ0n) is 11.4. The molecule has 114 valence electrons. The number of halogens is 1. The second-order valence-corrected chi connectivity index (χ2v) is 6.41. The molecular formula is C13H11FN4O3S. The number of sulfonamides is 1. The van der Waals surface area contributed by atoms with Gasteiger partial charge in [-0.05, 0) is 30.7 Å². The molecule has 0 fully saturated rings. The molecule has 1 aromatic carbocycles. The van der Waals surface area contributed by atoms with E-state index in [0.717, 1.165) is 6.07 Å². The van der Waals surface area contributed by atoms with Gasteiger partial charge in [0.05, 0.1) is 5.69 Å². The Morgan fingerprint density at radius 2 is 2.09 bits per heavy atom. The van der Waals surface area contributed by atoms with Crippen molar-refractivity contribution in [2.75, 3.05) is 4.72 Å². The highest BCUT2D eigenvalue weighted by atomic mass is 32.2. The van der Waals surface area contributed by atoms with Gasteiger partial charge in [0.15, 0.2) is 0 Å². The van der Waals surface area contributed by atoms with Gasteiger partial charge in [-0.3, -0.25) is 13.9 Å². The molecule has 0 atom stereocenters. The number of nitrogens with zero attached hydrogens (tertiary/aromatic N) is 2. The minimum Gasteiger partial charge on any atom is -0.300 e. The summed E-state index contributed by atoms with van der Waals surface area (Å²) in [6.45, 7) is 1.58. The summed E-state index contributed by atoms with van der Waals surface area (Å²) >= 11 is 0. The zero-order chi connectivity index (χ0) is 15.9. The van der Waals surface area contributed by atoms with E-state index >= 15 is 0 Å². The van der Waals surface area contributed by atoms with E-state index < -0.39 is 21.4 Å². The maximum Gasteiger partial charge on any atom is 0.288 e. The average Bonchev–Trinajstić information content (AvgIpc) is 2.89. The van der Waals surface area contributed by atoms with Crippen molar-refractivity contribution >= 4 is 21.2 Å². The zero-order valence-corrected chi connectivity index (χ0v) is 12.2. The first-order valence-electron chi connectivity index (χ1n) is 6.21. The Kier molecular flexibility index (Phi) is 3.21. The lowest BCUT2D eigenvalue weighted by molar-refractivity contribution is 0.601. The van der Waals surface area contributed by atoms with Gasteiger partial charge in [-0.2, -0.15) is 5.10 Å². The van der Waals surface area contributed by atoms with Crippen LogP contribution < -0.4 is 10.3 Å². The van der Waals surface area contributed by atoms with Gasteiger partial charge in [-0.1, -0.05) is 6.07 Å². The topological polar surface area (TPSA) is 96.3 Å². The summed E-state index contributed by atoms with van der Waals surface area (Å²) < 4.78 is 41.6. The van der Waals surface area contributed by atoms with Gasteiger partial charge >= 0.3 is 0 Å². The standard InChI is InChI=1S/C13H11FN4O3S/c1-8-2-3-9(4-11(8)14)17-22(20,21)10-5-12-13(19)16-15-7-18(12)6-10/h2-7,17H,1H3,(H,16,19). The van der Waals surface area contributed by atoms with Crippen molar-refractivity contribution in [3.8, 4) is 0 Å². The fourth-order valence-electron chi connectivity index (χ4n) is 1.96. The van der Waals surface area contributed by atoms with Crippen molar-refractivity contribution in [3.05, 3.63) is 58.5 Å². The molecule has 9 heteroatoms. The number of anilines is 1. The summed E-state index contributed by atoms with van der Waals surface area (Å²) in [5, 5.41) is 5.78. The molecule has 3 aromatic rings. The smallest absolute Gasteiger partial charge is 0.288 e. The van der Waals surface area contributed by atoms with Crippen LogP contribution in [0.3, 0.4) is 0 Å². The molecule has 7 nitrogen and oxygen atoms in total. The quantitative estimate of drug-likeness (QED) is 0.759. The molecule has 0 spiro atoms. The molecule has 0 aliphatic rings. The summed E-state index contributed by atoms with van der Waals surface area (Å²) in [7, 11) is -3.94. The van der Waals surface area contributed by atoms with Crippen LogP contribution in [-0.4, -0.2) is 23.0 Å². The number of aryl methyl sites for hydroxylation is 1. The van der Waals surface area contributed by atoms with Crippen LogP contribution in [0.1, 0.15) is 5.56 Å². The Bertz CT molecular complexity index is 1020. The summed E-state index contributed by atoms with van der Waals surface area (Å²) in [4.78, 5) is 11.4. The maximum atomic E-state index is 13.5. The van der Waals surface area contributed by atoms with E-state index in [1.807, 2.05) is 0 Å². The number of rotatable bonds is 3. The molecule has 0 radical (unpaired) electrons. The molecule has 0 unspecified atom stereocenters. The van der Waals surface area contributed by atoms with Gasteiger partial charge in [-0.25, -0.2) is 17.9 Å². The number of hydrogen-bond donors (Lipinski definition) is 2. The van der Waals surface area contributed by atoms with Crippen LogP contribution in [0.2, 0.25) is 0 Å². The first-order chi connectivity index (χ1) is 10.4. The molecule has 0 saturated heterocycles. The van der Waals surface area contributed by atoms with Crippen molar-refractivity contribution < 1.29 is 12.8 Å². The molecule has 3 rings (SSSR count). The van der Waals surface area contributed by atoms with E-state index in [1.54, 1.807) is 6.92 Å². The van der Waals surface area contributed by atoms with Gasteiger partial charge in [0.2, 0.25) is 0 Å². The molecule has 0 amide bonds. The number of benzene rings is 1. The van der Waals surface area contributed by atoms with Crippen LogP contribution in [0.15, 0.2) is 46.5 Å². The number of hydrogen-bond acceptors (Lipinski definition) is 4. The molecule has 0 bridgehead atoms. The molecule has 0 saturated carbocycles. The second-order valence-electron chi connectivity index (χ2n) is 4.72. The van der Waals surface area contributed by atoms with Gasteiger partial charge in [-0.15, -0.1) is 0 Å². The minimum absolute atomic E-state index is 0.102. The Morgan fingerprint density at radius 1 is 1.32 bits per heavy atom. The van der Waals surface area contributed by atoms with Gasteiger partial charge < -0.3 is 0 Å². The molecular weight excluding hydrogens is 311 g/mol. The first kappa shape index (κ1) is 14.3. The van der Waals surface area contributed by atoms with Crippen LogP contribution in [0.25, 0.3) is 5.52 Å². The lowest BCUT2D eigenvalue weighted by Crippen LogP contribution is -2.12. The highest BCUT2D eigenvalue weighted by Gasteiger charge is 2.18. The van der Waals surface area contributed by atoms with Crippen LogP contribution in [0, 0.1) is 12.7 Å². The first-order valence-corrected chi connectivity index (χ1v) is 7.69. The Hall–Kier alpha value is -2.68. The monoisotopic (exact) mass is 322 g/mol. The molecule has 0 aliphatic carbocycles.